The van der Waals surface area contributed by atoms with E-state index in [2.05, 4.69) is 71.3 Å². The molecule has 0 saturated carbocycles. The van der Waals surface area contributed by atoms with Crippen LogP contribution in [0.25, 0.3) is 0 Å². The number of halogens is 2. The molecule has 0 saturated heterocycles. The van der Waals surface area contributed by atoms with Crippen molar-refractivity contribution < 1.29 is 0 Å². The average molecular weight is 454 g/mol. The molecule has 0 aliphatic heterocycles. The van der Waals surface area contributed by atoms with Crippen molar-refractivity contribution in [3.63, 3.8) is 0 Å². The summed E-state index contributed by atoms with van der Waals surface area (Å²) in [6.45, 7) is 4.67. The Kier molecular flexibility index (Phi) is 20.4. The standard InChI is InChI=1S/C26H40N2.2ClH/c1(2-12-22-28-24-14-20-26-17-8-4-9-18-26)11-21-27-23-13-5-10-19-25-15-6-3-7-16-25;;/h3-4,6-9,15-18,27-28H,1-2,5,10-14,19-24H2;2*1H. The van der Waals surface area contributed by atoms with E-state index >= 15 is 0 Å². The highest BCUT2D eigenvalue weighted by Gasteiger charge is 1.95. The first-order valence-electron chi connectivity index (χ1n) is 11.4. The molecule has 0 atom stereocenters. The highest BCUT2D eigenvalue weighted by Crippen LogP contribution is 2.06. The van der Waals surface area contributed by atoms with Gasteiger partial charge in [-0.05, 0) is 82.3 Å². The van der Waals surface area contributed by atoms with Crippen LogP contribution in [0.4, 0.5) is 0 Å². The fourth-order valence-electron chi connectivity index (χ4n) is 3.57. The molecule has 0 bridgehead atoms. The topological polar surface area (TPSA) is 24.1 Å². The van der Waals surface area contributed by atoms with Crippen molar-refractivity contribution >= 4 is 24.8 Å². The van der Waals surface area contributed by atoms with E-state index in [1.165, 1.54) is 95.0 Å². The maximum absolute atomic E-state index is 3.60. The number of nitrogens with one attached hydrogen (secondary N) is 2. The van der Waals surface area contributed by atoms with Crippen LogP contribution in [-0.2, 0) is 12.8 Å². The average Bonchev–Trinajstić information content (AvgIpc) is 2.75. The molecule has 0 aliphatic rings. The minimum absolute atomic E-state index is 0. The highest BCUT2D eigenvalue weighted by molar-refractivity contribution is 5.85. The van der Waals surface area contributed by atoms with Crippen LogP contribution in [0, 0.1) is 0 Å². The number of unbranched alkanes of at least 4 members (excludes halogenated alkanes) is 5. The van der Waals surface area contributed by atoms with Crippen LogP contribution >= 0.6 is 24.8 Å². The van der Waals surface area contributed by atoms with Gasteiger partial charge in [0.1, 0.15) is 0 Å². The van der Waals surface area contributed by atoms with Gasteiger partial charge in [-0.15, -0.1) is 24.8 Å². The van der Waals surface area contributed by atoms with Crippen LogP contribution in [0.15, 0.2) is 60.7 Å². The molecule has 0 aliphatic carbocycles. The largest absolute Gasteiger partial charge is 0.317 e. The molecule has 170 valence electrons. The second-order valence-corrected chi connectivity index (χ2v) is 7.80. The lowest BCUT2D eigenvalue weighted by molar-refractivity contribution is 0.546. The van der Waals surface area contributed by atoms with Gasteiger partial charge < -0.3 is 10.6 Å². The van der Waals surface area contributed by atoms with Gasteiger partial charge >= 0.3 is 0 Å². The zero-order valence-corrected chi connectivity index (χ0v) is 20.1. The first-order valence-corrected chi connectivity index (χ1v) is 11.4. The Bertz CT molecular complexity index is 525. The van der Waals surface area contributed by atoms with Crippen molar-refractivity contribution in [3.05, 3.63) is 71.8 Å². The van der Waals surface area contributed by atoms with Crippen molar-refractivity contribution in [2.24, 2.45) is 0 Å². The monoisotopic (exact) mass is 452 g/mol. The molecule has 2 nitrogen and oxygen atoms in total. The number of aryl methyl sites for hydroxylation is 2. The van der Waals surface area contributed by atoms with E-state index in [9.17, 15) is 0 Å². The maximum Gasteiger partial charge on any atom is -0.00457 e. The SMILES string of the molecule is Cl.Cl.c1ccc(CCCCCNCCCCCCNCCCc2ccccc2)cc1. The Labute approximate surface area is 197 Å². The molecule has 0 radical (unpaired) electrons. The molecule has 4 heteroatoms. The van der Waals surface area contributed by atoms with Gasteiger partial charge in [-0.3, -0.25) is 0 Å². The number of benzene rings is 2. The third-order valence-electron chi connectivity index (χ3n) is 5.28. The molecule has 2 aromatic rings. The van der Waals surface area contributed by atoms with Gasteiger partial charge in [0, 0.05) is 0 Å². The number of hydrogen-bond acceptors (Lipinski definition) is 2. The second-order valence-electron chi connectivity index (χ2n) is 7.80. The summed E-state index contributed by atoms with van der Waals surface area (Å²) in [6.07, 6.45) is 12.9. The molecule has 2 rings (SSSR count). The Balaban J connectivity index is 0.00000420. The Morgan fingerprint density at radius 2 is 0.767 bits per heavy atom. The second kappa shape index (κ2) is 21.2. The quantitative estimate of drug-likeness (QED) is 0.263. The first-order chi connectivity index (χ1) is 13.9. The third kappa shape index (κ3) is 15.7. The molecule has 30 heavy (non-hydrogen) atoms. The molecule has 0 fully saturated rings. The van der Waals surface area contributed by atoms with Gasteiger partial charge in [-0.1, -0.05) is 79.9 Å². The molecule has 0 aromatic heterocycles. The molecule has 2 aromatic carbocycles. The molecule has 0 unspecified atom stereocenters. The minimum atomic E-state index is 0. The summed E-state index contributed by atoms with van der Waals surface area (Å²) >= 11 is 0. The van der Waals surface area contributed by atoms with Crippen LogP contribution in [0.5, 0.6) is 0 Å². The van der Waals surface area contributed by atoms with E-state index in [0.717, 1.165) is 6.54 Å². The summed E-state index contributed by atoms with van der Waals surface area (Å²) in [4.78, 5) is 0. The smallest absolute Gasteiger partial charge is 0.00457 e. The van der Waals surface area contributed by atoms with Crippen molar-refractivity contribution in [1.29, 1.82) is 0 Å². The summed E-state index contributed by atoms with van der Waals surface area (Å²) in [5.74, 6) is 0. The molecule has 2 N–H and O–H groups in total. The Morgan fingerprint density at radius 3 is 1.23 bits per heavy atom. The number of rotatable bonds is 17. The van der Waals surface area contributed by atoms with Crippen LogP contribution in [0.3, 0.4) is 0 Å². The summed E-state index contributed by atoms with van der Waals surface area (Å²) < 4.78 is 0. The lowest BCUT2D eigenvalue weighted by Gasteiger charge is -2.06. The summed E-state index contributed by atoms with van der Waals surface area (Å²) in [5.41, 5.74) is 2.93. The van der Waals surface area contributed by atoms with Crippen LogP contribution < -0.4 is 10.6 Å². The molecule has 0 amide bonds. The van der Waals surface area contributed by atoms with Gasteiger partial charge in [-0.25, -0.2) is 0 Å². The van der Waals surface area contributed by atoms with Gasteiger partial charge in [-0.2, -0.15) is 0 Å². The molecular weight excluding hydrogens is 411 g/mol. The fraction of sp³-hybridized carbons (Fsp3) is 0.538. The van der Waals surface area contributed by atoms with E-state index in [1.54, 1.807) is 0 Å². The highest BCUT2D eigenvalue weighted by atomic mass is 35.5. The van der Waals surface area contributed by atoms with Gasteiger partial charge in [0.25, 0.3) is 0 Å². The summed E-state index contributed by atoms with van der Waals surface area (Å²) in [7, 11) is 0. The minimum Gasteiger partial charge on any atom is -0.317 e. The predicted molar refractivity (Wildman–Crippen MR) is 137 cm³/mol. The van der Waals surface area contributed by atoms with Gasteiger partial charge in [0.05, 0.1) is 0 Å². The maximum atomic E-state index is 3.60. The van der Waals surface area contributed by atoms with Crippen molar-refractivity contribution in [2.45, 2.75) is 64.2 Å². The van der Waals surface area contributed by atoms with E-state index in [-0.39, 0.29) is 24.8 Å². The normalized spacial score (nSPS) is 10.3. The Hall–Kier alpha value is -1.06. The molecular formula is C26H42Cl2N2. The lowest BCUT2D eigenvalue weighted by Crippen LogP contribution is -2.18. The third-order valence-corrected chi connectivity index (χ3v) is 5.28. The van der Waals surface area contributed by atoms with Gasteiger partial charge in [0.15, 0.2) is 0 Å². The van der Waals surface area contributed by atoms with Crippen LogP contribution in [0.1, 0.15) is 62.5 Å². The van der Waals surface area contributed by atoms with Crippen molar-refractivity contribution in [3.8, 4) is 0 Å². The zero-order valence-electron chi connectivity index (χ0n) is 18.5. The molecule has 0 heterocycles. The van der Waals surface area contributed by atoms with E-state index in [0.29, 0.717) is 0 Å². The lowest BCUT2D eigenvalue weighted by atomic mass is 10.1. The van der Waals surface area contributed by atoms with E-state index in [1.807, 2.05) is 0 Å². The summed E-state index contributed by atoms with van der Waals surface area (Å²) in [5, 5.41) is 7.19. The van der Waals surface area contributed by atoms with Gasteiger partial charge in [0.2, 0.25) is 0 Å². The first kappa shape index (κ1) is 28.9. The zero-order chi connectivity index (χ0) is 19.5. The van der Waals surface area contributed by atoms with Crippen molar-refractivity contribution in [2.75, 3.05) is 26.2 Å². The summed E-state index contributed by atoms with van der Waals surface area (Å²) in [6, 6.07) is 21.6. The molecule has 0 spiro atoms. The van der Waals surface area contributed by atoms with E-state index < -0.39 is 0 Å². The fourth-order valence-corrected chi connectivity index (χ4v) is 3.57. The van der Waals surface area contributed by atoms with E-state index in [4.69, 9.17) is 0 Å². The Morgan fingerprint density at radius 1 is 0.400 bits per heavy atom. The predicted octanol–water partition coefficient (Wildman–Crippen LogP) is 6.62. The number of hydrogen-bond donors (Lipinski definition) is 2. The van der Waals surface area contributed by atoms with Crippen LogP contribution in [-0.4, -0.2) is 26.2 Å². The van der Waals surface area contributed by atoms with Crippen molar-refractivity contribution in [1.82, 2.24) is 10.6 Å². The van der Waals surface area contributed by atoms with Crippen LogP contribution in [0.2, 0.25) is 0 Å².